The van der Waals surface area contributed by atoms with E-state index in [1.165, 1.54) is 25.4 Å². The summed E-state index contributed by atoms with van der Waals surface area (Å²) in [7, 11) is 0. The van der Waals surface area contributed by atoms with Crippen LogP contribution in [-0.4, -0.2) is 33.1 Å². The molecule has 1 fully saturated rings. The normalized spacial score (nSPS) is 14.2. The van der Waals surface area contributed by atoms with Gasteiger partial charge in [-0.15, -0.1) is 0 Å². The predicted octanol–water partition coefficient (Wildman–Crippen LogP) is 5.93. The van der Waals surface area contributed by atoms with Gasteiger partial charge in [-0.25, -0.2) is 9.97 Å². The van der Waals surface area contributed by atoms with E-state index in [9.17, 15) is 13.2 Å². The van der Waals surface area contributed by atoms with Crippen LogP contribution in [0.2, 0.25) is 5.02 Å². The third-order valence-electron chi connectivity index (χ3n) is 5.52. The molecule has 1 aliphatic carbocycles. The Morgan fingerprint density at radius 2 is 2.03 bits per heavy atom. The van der Waals surface area contributed by atoms with Gasteiger partial charge in [0.05, 0.1) is 36.5 Å². The summed E-state index contributed by atoms with van der Waals surface area (Å²) in [5, 5.41) is 6.88. The fraction of sp³-hybridized carbons (Fsp3) is 0.304. The largest absolute Gasteiger partial charge is 0.472 e. The molecule has 1 saturated carbocycles. The Labute approximate surface area is 192 Å². The number of fused-ring (bicyclic) bond motifs is 1. The quantitative estimate of drug-likeness (QED) is 0.331. The van der Waals surface area contributed by atoms with Gasteiger partial charge in [-0.05, 0) is 30.5 Å². The zero-order valence-electron chi connectivity index (χ0n) is 17.5. The van der Waals surface area contributed by atoms with E-state index < -0.39 is 12.6 Å². The second kappa shape index (κ2) is 8.72. The zero-order valence-corrected chi connectivity index (χ0v) is 18.2. The molecule has 4 aromatic rings. The summed E-state index contributed by atoms with van der Waals surface area (Å²) < 4.78 is 45.0. The molecule has 1 aliphatic rings. The van der Waals surface area contributed by atoms with E-state index >= 15 is 0 Å². The predicted molar refractivity (Wildman–Crippen MR) is 120 cm³/mol. The lowest BCUT2D eigenvalue weighted by atomic mass is 10.1. The molecule has 10 heteroatoms. The third-order valence-corrected chi connectivity index (χ3v) is 5.87. The van der Waals surface area contributed by atoms with Crippen LogP contribution in [-0.2, 0) is 6.54 Å². The van der Waals surface area contributed by atoms with E-state index in [-0.39, 0.29) is 12.4 Å². The second-order valence-corrected chi connectivity index (χ2v) is 8.48. The molecule has 0 saturated heterocycles. The van der Waals surface area contributed by atoms with Crippen LogP contribution >= 0.6 is 11.6 Å². The van der Waals surface area contributed by atoms with E-state index in [1.807, 2.05) is 18.2 Å². The SMILES string of the molecule is FC(F)(F)CCNc1nc(-c2ccoc2)cn2c(-c3ccc(CNC4CC4)c(Cl)c3)cnc12. The molecule has 5 rings (SSSR count). The number of nitrogens with one attached hydrogen (secondary N) is 2. The number of hydrogen-bond donors (Lipinski definition) is 2. The summed E-state index contributed by atoms with van der Waals surface area (Å²) in [5.74, 6) is 0.264. The number of hydrogen-bond acceptors (Lipinski definition) is 5. The van der Waals surface area contributed by atoms with Crippen molar-refractivity contribution in [2.45, 2.75) is 38.0 Å². The van der Waals surface area contributed by atoms with Gasteiger partial charge in [0.25, 0.3) is 0 Å². The first-order chi connectivity index (χ1) is 15.9. The maximum atomic E-state index is 12.7. The first kappa shape index (κ1) is 21.8. The molecule has 0 unspecified atom stereocenters. The lowest BCUT2D eigenvalue weighted by molar-refractivity contribution is -0.131. The van der Waals surface area contributed by atoms with Crippen molar-refractivity contribution in [3.8, 4) is 22.5 Å². The monoisotopic (exact) mass is 475 g/mol. The average Bonchev–Trinajstić information content (AvgIpc) is 3.25. The summed E-state index contributed by atoms with van der Waals surface area (Å²) in [6.07, 6.45) is 3.65. The van der Waals surface area contributed by atoms with Gasteiger partial charge in [0, 0.05) is 41.5 Å². The maximum absolute atomic E-state index is 12.7. The number of imidazole rings is 1. The number of anilines is 1. The fourth-order valence-electron chi connectivity index (χ4n) is 3.58. The Bertz CT molecular complexity index is 1270. The molecule has 0 bridgehead atoms. The highest BCUT2D eigenvalue weighted by molar-refractivity contribution is 6.31. The number of nitrogens with zero attached hydrogens (tertiary/aromatic N) is 3. The number of benzene rings is 1. The Balaban J connectivity index is 1.51. The Morgan fingerprint density at radius 1 is 1.18 bits per heavy atom. The van der Waals surface area contributed by atoms with Crippen LogP contribution in [0.4, 0.5) is 19.0 Å². The van der Waals surface area contributed by atoms with E-state index in [2.05, 4.69) is 20.6 Å². The van der Waals surface area contributed by atoms with Crippen molar-refractivity contribution in [1.29, 1.82) is 0 Å². The van der Waals surface area contributed by atoms with E-state index in [4.69, 9.17) is 16.0 Å². The number of alkyl halides is 3. The van der Waals surface area contributed by atoms with Crippen molar-refractivity contribution in [2.24, 2.45) is 0 Å². The molecule has 1 aromatic carbocycles. The molecule has 0 atom stereocenters. The summed E-state index contributed by atoms with van der Waals surface area (Å²) in [5.41, 5.74) is 4.27. The lowest BCUT2D eigenvalue weighted by Crippen LogP contribution is -2.16. The molecule has 3 heterocycles. The topological polar surface area (TPSA) is 67.4 Å². The van der Waals surface area contributed by atoms with Crippen molar-refractivity contribution in [3.05, 3.63) is 59.8 Å². The Morgan fingerprint density at radius 3 is 2.73 bits per heavy atom. The van der Waals surface area contributed by atoms with E-state index in [1.54, 1.807) is 22.9 Å². The van der Waals surface area contributed by atoms with Gasteiger partial charge in [0.15, 0.2) is 11.5 Å². The molecule has 0 spiro atoms. The van der Waals surface area contributed by atoms with Crippen LogP contribution in [0.15, 0.2) is 53.6 Å². The van der Waals surface area contributed by atoms with Gasteiger partial charge in [-0.3, -0.25) is 4.40 Å². The number of furan rings is 1. The van der Waals surface area contributed by atoms with Gasteiger partial charge in [-0.1, -0.05) is 23.7 Å². The average molecular weight is 476 g/mol. The van der Waals surface area contributed by atoms with Crippen molar-refractivity contribution in [2.75, 3.05) is 11.9 Å². The number of halogens is 4. The second-order valence-electron chi connectivity index (χ2n) is 8.08. The van der Waals surface area contributed by atoms with Crippen molar-refractivity contribution in [3.63, 3.8) is 0 Å². The van der Waals surface area contributed by atoms with Crippen LogP contribution in [0.3, 0.4) is 0 Å². The Kier molecular flexibility index (Phi) is 5.76. The van der Waals surface area contributed by atoms with Crippen molar-refractivity contribution < 1.29 is 17.6 Å². The Hall–Kier alpha value is -3.04. The smallest absolute Gasteiger partial charge is 0.390 e. The van der Waals surface area contributed by atoms with Gasteiger partial charge in [-0.2, -0.15) is 13.2 Å². The molecular formula is C23H21ClF3N5O. The molecular weight excluding hydrogens is 455 g/mol. The van der Waals surface area contributed by atoms with Crippen LogP contribution < -0.4 is 10.6 Å². The van der Waals surface area contributed by atoms with Gasteiger partial charge >= 0.3 is 6.18 Å². The van der Waals surface area contributed by atoms with Gasteiger partial charge in [0.2, 0.25) is 0 Å². The highest BCUT2D eigenvalue weighted by Crippen LogP contribution is 2.31. The molecule has 0 radical (unpaired) electrons. The number of rotatable bonds is 8. The molecule has 6 nitrogen and oxygen atoms in total. The minimum Gasteiger partial charge on any atom is -0.472 e. The lowest BCUT2D eigenvalue weighted by Gasteiger charge is -2.12. The molecule has 2 N–H and O–H groups in total. The molecule has 172 valence electrons. The van der Waals surface area contributed by atoms with Gasteiger partial charge < -0.3 is 15.1 Å². The maximum Gasteiger partial charge on any atom is 0.390 e. The standard InChI is InChI=1S/C23H21ClF3N5O/c24-18-9-14(1-2-15(18)10-29-17-3-4-17)20-11-30-22-21(28-7-6-23(25,26)27)31-19(12-32(20)22)16-5-8-33-13-16/h1-2,5,8-9,11-13,17,29H,3-4,6-7,10H2,(H,28,31). The minimum atomic E-state index is -4.26. The van der Waals surface area contributed by atoms with Crippen molar-refractivity contribution >= 4 is 23.1 Å². The molecule has 0 aliphatic heterocycles. The van der Waals surface area contributed by atoms with Crippen LogP contribution in [0, 0.1) is 0 Å². The number of aromatic nitrogens is 3. The van der Waals surface area contributed by atoms with Gasteiger partial charge in [0.1, 0.15) is 0 Å². The fourth-order valence-corrected chi connectivity index (χ4v) is 3.83. The van der Waals surface area contributed by atoms with E-state index in [0.29, 0.717) is 34.5 Å². The van der Waals surface area contributed by atoms with Crippen LogP contribution in [0.25, 0.3) is 28.2 Å². The zero-order chi connectivity index (χ0) is 23.0. The van der Waals surface area contributed by atoms with Crippen LogP contribution in [0.5, 0.6) is 0 Å². The molecule has 3 aromatic heterocycles. The summed E-state index contributed by atoms with van der Waals surface area (Å²) in [4.78, 5) is 8.92. The highest BCUT2D eigenvalue weighted by atomic mass is 35.5. The van der Waals surface area contributed by atoms with Crippen LogP contribution in [0.1, 0.15) is 24.8 Å². The van der Waals surface area contributed by atoms with Crippen molar-refractivity contribution in [1.82, 2.24) is 19.7 Å². The molecule has 0 amide bonds. The van der Waals surface area contributed by atoms with E-state index in [0.717, 1.165) is 16.8 Å². The highest BCUT2D eigenvalue weighted by Gasteiger charge is 2.26. The molecule has 33 heavy (non-hydrogen) atoms. The third kappa shape index (κ3) is 4.99. The summed E-state index contributed by atoms with van der Waals surface area (Å²) >= 11 is 6.54. The first-order valence-corrected chi connectivity index (χ1v) is 11.0. The summed E-state index contributed by atoms with van der Waals surface area (Å²) in [6.45, 7) is 0.399. The minimum absolute atomic E-state index is 0.264. The first-order valence-electron chi connectivity index (χ1n) is 10.6. The summed E-state index contributed by atoms with van der Waals surface area (Å²) in [6, 6.07) is 8.14.